The number of halogens is 3. The Hall–Kier alpha value is -1.13. The van der Waals surface area contributed by atoms with Crippen LogP contribution in [0.2, 0.25) is 0 Å². The Labute approximate surface area is 119 Å². The largest absolute Gasteiger partial charge is 0.329 e. The van der Waals surface area contributed by atoms with Crippen LogP contribution in [0.3, 0.4) is 0 Å². The van der Waals surface area contributed by atoms with Gasteiger partial charge in [-0.15, -0.1) is 11.6 Å². The maximum atomic E-state index is 13.2. The van der Waals surface area contributed by atoms with Gasteiger partial charge < -0.3 is 4.90 Å². The van der Waals surface area contributed by atoms with Crippen LogP contribution < -0.4 is 4.90 Å². The smallest absolute Gasteiger partial charge is 0.137 e. The molecule has 0 N–H and O–H groups in total. The molecular formula is C13H11BrClFN2. The van der Waals surface area contributed by atoms with E-state index in [9.17, 15) is 4.39 Å². The van der Waals surface area contributed by atoms with Crippen molar-refractivity contribution in [2.75, 3.05) is 11.9 Å². The zero-order valence-electron chi connectivity index (χ0n) is 9.70. The first-order valence-electron chi connectivity index (χ1n) is 5.31. The number of rotatable bonds is 3. The predicted molar refractivity (Wildman–Crippen MR) is 76.0 cm³/mol. The minimum Gasteiger partial charge on any atom is -0.329 e. The van der Waals surface area contributed by atoms with Gasteiger partial charge >= 0.3 is 0 Å². The molecule has 0 aliphatic carbocycles. The van der Waals surface area contributed by atoms with E-state index in [-0.39, 0.29) is 5.82 Å². The Bertz CT molecular complexity index is 562. The zero-order valence-corrected chi connectivity index (χ0v) is 12.0. The van der Waals surface area contributed by atoms with E-state index in [0.717, 1.165) is 21.5 Å². The molecule has 94 valence electrons. The van der Waals surface area contributed by atoms with Crippen LogP contribution in [-0.2, 0) is 5.88 Å². The summed E-state index contributed by atoms with van der Waals surface area (Å²) in [5.74, 6) is 0.796. The van der Waals surface area contributed by atoms with Crippen molar-refractivity contribution in [1.29, 1.82) is 0 Å². The fourth-order valence-electron chi connectivity index (χ4n) is 1.68. The van der Waals surface area contributed by atoms with E-state index < -0.39 is 0 Å². The van der Waals surface area contributed by atoms with Crippen LogP contribution in [0.25, 0.3) is 0 Å². The molecule has 1 aromatic carbocycles. The topological polar surface area (TPSA) is 16.1 Å². The van der Waals surface area contributed by atoms with Gasteiger partial charge in [0.1, 0.15) is 11.6 Å². The van der Waals surface area contributed by atoms with Gasteiger partial charge in [0.05, 0.1) is 5.88 Å². The second-order valence-electron chi connectivity index (χ2n) is 3.81. The number of hydrogen-bond donors (Lipinski definition) is 0. The summed E-state index contributed by atoms with van der Waals surface area (Å²) in [7, 11) is 1.83. The van der Waals surface area contributed by atoms with Gasteiger partial charge in [0, 0.05) is 29.0 Å². The molecule has 18 heavy (non-hydrogen) atoms. The molecule has 1 heterocycles. The molecular weight excluding hydrogens is 319 g/mol. The highest BCUT2D eigenvalue weighted by atomic mass is 79.9. The number of hydrogen-bond acceptors (Lipinski definition) is 2. The van der Waals surface area contributed by atoms with Crippen LogP contribution >= 0.6 is 27.5 Å². The summed E-state index contributed by atoms with van der Waals surface area (Å²) in [6, 6.07) is 8.27. The average Bonchev–Trinajstić information content (AvgIpc) is 2.37. The Morgan fingerprint density at radius 2 is 2.17 bits per heavy atom. The molecule has 0 fully saturated rings. The lowest BCUT2D eigenvalue weighted by atomic mass is 10.2. The quantitative estimate of drug-likeness (QED) is 0.771. The van der Waals surface area contributed by atoms with Crippen LogP contribution in [-0.4, -0.2) is 12.0 Å². The molecule has 2 nitrogen and oxygen atoms in total. The van der Waals surface area contributed by atoms with E-state index in [1.165, 1.54) is 12.1 Å². The normalized spacial score (nSPS) is 10.4. The van der Waals surface area contributed by atoms with E-state index in [2.05, 4.69) is 20.9 Å². The predicted octanol–water partition coefficient (Wildman–Crippen LogP) is 4.49. The summed E-state index contributed by atoms with van der Waals surface area (Å²) >= 11 is 9.26. The third kappa shape index (κ3) is 2.82. The molecule has 0 amide bonds. The van der Waals surface area contributed by atoms with Crippen LogP contribution in [0.4, 0.5) is 15.9 Å². The van der Waals surface area contributed by atoms with Gasteiger partial charge in [0.15, 0.2) is 0 Å². The maximum Gasteiger partial charge on any atom is 0.137 e. The van der Waals surface area contributed by atoms with E-state index in [1.807, 2.05) is 24.1 Å². The highest BCUT2D eigenvalue weighted by Crippen LogP contribution is 2.28. The number of nitrogens with zero attached hydrogens (tertiary/aromatic N) is 2. The fourth-order valence-corrected chi connectivity index (χ4v) is 2.26. The van der Waals surface area contributed by atoms with Crippen molar-refractivity contribution in [3.8, 4) is 0 Å². The SMILES string of the molecule is CN(c1cccc(F)c1)c1ncc(Br)cc1CCl. The molecule has 0 radical (unpaired) electrons. The monoisotopic (exact) mass is 328 g/mol. The fraction of sp³-hybridized carbons (Fsp3) is 0.154. The molecule has 0 atom stereocenters. The van der Waals surface area contributed by atoms with Crippen LogP contribution in [0.15, 0.2) is 41.0 Å². The van der Waals surface area contributed by atoms with Crippen molar-refractivity contribution < 1.29 is 4.39 Å². The lowest BCUT2D eigenvalue weighted by Crippen LogP contribution is -2.13. The van der Waals surface area contributed by atoms with Crippen molar-refractivity contribution >= 4 is 39.0 Å². The van der Waals surface area contributed by atoms with Gasteiger partial charge in [-0.1, -0.05) is 6.07 Å². The summed E-state index contributed by atoms with van der Waals surface area (Å²) in [5, 5.41) is 0. The molecule has 5 heteroatoms. The number of anilines is 2. The van der Waals surface area contributed by atoms with E-state index in [0.29, 0.717) is 5.88 Å². The molecule has 0 unspecified atom stereocenters. The summed E-state index contributed by atoms with van der Waals surface area (Å²) < 4.78 is 14.1. The van der Waals surface area contributed by atoms with Crippen molar-refractivity contribution in [3.05, 3.63) is 52.4 Å². The first-order chi connectivity index (χ1) is 8.61. The van der Waals surface area contributed by atoms with Gasteiger partial charge in [0.25, 0.3) is 0 Å². The first kappa shape index (κ1) is 13.3. The molecule has 0 saturated carbocycles. The van der Waals surface area contributed by atoms with Crippen LogP contribution in [0, 0.1) is 5.82 Å². The molecule has 0 bridgehead atoms. The Balaban J connectivity index is 2.42. The van der Waals surface area contributed by atoms with Crippen molar-refractivity contribution in [2.24, 2.45) is 0 Å². The molecule has 0 spiro atoms. The van der Waals surface area contributed by atoms with Gasteiger partial charge in [0.2, 0.25) is 0 Å². The number of pyridine rings is 1. The highest BCUT2D eigenvalue weighted by Gasteiger charge is 2.11. The Morgan fingerprint density at radius 3 is 2.83 bits per heavy atom. The average molecular weight is 330 g/mol. The van der Waals surface area contributed by atoms with E-state index >= 15 is 0 Å². The second kappa shape index (κ2) is 5.67. The second-order valence-corrected chi connectivity index (χ2v) is 4.99. The number of benzene rings is 1. The van der Waals surface area contributed by atoms with E-state index in [1.54, 1.807) is 12.3 Å². The first-order valence-corrected chi connectivity index (χ1v) is 6.64. The Kier molecular flexibility index (Phi) is 4.19. The van der Waals surface area contributed by atoms with Gasteiger partial charge in [-0.2, -0.15) is 0 Å². The summed E-state index contributed by atoms with van der Waals surface area (Å²) in [5.41, 5.74) is 1.62. The van der Waals surface area contributed by atoms with E-state index in [4.69, 9.17) is 11.6 Å². The van der Waals surface area contributed by atoms with Crippen LogP contribution in [0.1, 0.15) is 5.56 Å². The molecule has 1 aromatic heterocycles. The number of alkyl halides is 1. The minimum absolute atomic E-state index is 0.274. The Morgan fingerprint density at radius 1 is 1.39 bits per heavy atom. The van der Waals surface area contributed by atoms with Crippen molar-refractivity contribution in [1.82, 2.24) is 4.98 Å². The van der Waals surface area contributed by atoms with Gasteiger partial charge in [-0.3, -0.25) is 0 Å². The summed E-state index contributed by atoms with van der Waals surface area (Å²) in [6.07, 6.45) is 1.70. The highest BCUT2D eigenvalue weighted by molar-refractivity contribution is 9.10. The number of aromatic nitrogens is 1. The lowest BCUT2D eigenvalue weighted by molar-refractivity contribution is 0.628. The maximum absolute atomic E-state index is 13.2. The zero-order chi connectivity index (χ0) is 13.1. The molecule has 2 aromatic rings. The standard InChI is InChI=1S/C13H11BrClFN2/c1-18(12-4-2-3-11(16)6-12)13-9(7-15)5-10(14)8-17-13/h2-6,8H,7H2,1H3. The molecule has 0 saturated heterocycles. The lowest BCUT2D eigenvalue weighted by Gasteiger charge is -2.20. The van der Waals surface area contributed by atoms with Crippen molar-refractivity contribution in [3.63, 3.8) is 0 Å². The summed E-state index contributed by atoms with van der Waals surface area (Å²) in [4.78, 5) is 6.14. The molecule has 0 aliphatic rings. The van der Waals surface area contributed by atoms with Gasteiger partial charge in [-0.25, -0.2) is 9.37 Å². The molecule has 2 rings (SSSR count). The summed E-state index contributed by atoms with van der Waals surface area (Å²) in [6.45, 7) is 0. The third-order valence-electron chi connectivity index (χ3n) is 2.57. The van der Waals surface area contributed by atoms with Crippen LogP contribution in [0.5, 0.6) is 0 Å². The van der Waals surface area contributed by atoms with Gasteiger partial charge in [-0.05, 0) is 40.2 Å². The third-order valence-corrected chi connectivity index (χ3v) is 3.29. The minimum atomic E-state index is -0.274. The molecule has 0 aliphatic heterocycles. The van der Waals surface area contributed by atoms with Crippen molar-refractivity contribution in [2.45, 2.75) is 5.88 Å².